The minimum Gasteiger partial charge on any atom is -0.493 e. The summed E-state index contributed by atoms with van der Waals surface area (Å²) in [6.07, 6.45) is 0. The molecule has 7 nitrogen and oxygen atoms in total. The van der Waals surface area contributed by atoms with Crippen LogP contribution < -0.4 is 24.8 Å². The number of ether oxygens (including phenoxy) is 3. The Bertz CT molecular complexity index is 1070. The number of hydrogen-bond donors (Lipinski definition) is 2. The van der Waals surface area contributed by atoms with Crippen LogP contribution in [0.4, 0.5) is 5.69 Å². The van der Waals surface area contributed by atoms with Crippen molar-refractivity contribution in [1.29, 1.82) is 0 Å². The van der Waals surface area contributed by atoms with Crippen LogP contribution in [0.2, 0.25) is 5.02 Å². The van der Waals surface area contributed by atoms with E-state index in [-0.39, 0.29) is 12.5 Å². The van der Waals surface area contributed by atoms with E-state index in [2.05, 4.69) is 10.6 Å². The third-order valence-corrected chi connectivity index (χ3v) is 4.57. The molecule has 31 heavy (non-hydrogen) atoms. The van der Waals surface area contributed by atoms with Crippen LogP contribution in [-0.4, -0.2) is 32.6 Å². The Morgan fingerprint density at radius 2 is 1.58 bits per heavy atom. The summed E-state index contributed by atoms with van der Waals surface area (Å²) in [7, 11) is 3.00. The predicted molar refractivity (Wildman–Crippen MR) is 118 cm³/mol. The molecule has 0 heterocycles. The molecule has 0 bridgehead atoms. The Kier molecular flexibility index (Phi) is 7.35. The maximum atomic E-state index is 12.3. The van der Waals surface area contributed by atoms with Crippen LogP contribution in [0, 0.1) is 0 Å². The monoisotopic (exact) mass is 440 g/mol. The summed E-state index contributed by atoms with van der Waals surface area (Å²) >= 11 is 6.08. The number of benzene rings is 3. The van der Waals surface area contributed by atoms with Gasteiger partial charge in [-0.15, -0.1) is 0 Å². The summed E-state index contributed by atoms with van der Waals surface area (Å²) < 4.78 is 16.0. The van der Waals surface area contributed by atoms with Crippen LogP contribution in [0.25, 0.3) is 0 Å². The quantitative estimate of drug-likeness (QED) is 0.538. The molecule has 0 unspecified atom stereocenters. The average molecular weight is 441 g/mol. The Morgan fingerprint density at radius 1 is 0.871 bits per heavy atom. The molecule has 3 rings (SSSR count). The third kappa shape index (κ3) is 5.90. The Balaban J connectivity index is 1.52. The summed E-state index contributed by atoms with van der Waals surface area (Å²) in [6.45, 7) is -0.189. The van der Waals surface area contributed by atoms with Crippen molar-refractivity contribution in [1.82, 2.24) is 5.32 Å². The normalized spacial score (nSPS) is 10.2. The number of rotatable bonds is 8. The van der Waals surface area contributed by atoms with Crippen LogP contribution in [0.3, 0.4) is 0 Å². The fraction of sp³-hybridized carbons (Fsp3) is 0.130. The summed E-state index contributed by atoms with van der Waals surface area (Å²) in [6, 6.07) is 18.7. The number of amides is 2. The molecule has 0 aromatic heterocycles. The molecule has 0 fully saturated rings. The molecule has 0 aliphatic carbocycles. The molecule has 0 saturated heterocycles. The van der Waals surface area contributed by atoms with Crippen molar-refractivity contribution in [3.8, 4) is 23.0 Å². The number of halogens is 1. The molecular formula is C23H21ClN2O5. The topological polar surface area (TPSA) is 85.9 Å². The Hall–Kier alpha value is -3.71. The third-order valence-electron chi connectivity index (χ3n) is 4.26. The summed E-state index contributed by atoms with van der Waals surface area (Å²) in [5.74, 6) is 1.29. The van der Waals surface area contributed by atoms with Gasteiger partial charge in [-0.05, 0) is 54.6 Å². The highest BCUT2D eigenvalue weighted by Crippen LogP contribution is 2.29. The van der Waals surface area contributed by atoms with Crippen LogP contribution in [0.1, 0.15) is 10.4 Å². The van der Waals surface area contributed by atoms with Crippen molar-refractivity contribution in [2.45, 2.75) is 0 Å². The van der Waals surface area contributed by atoms with E-state index >= 15 is 0 Å². The maximum Gasteiger partial charge on any atom is 0.251 e. The lowest BCUT2D eigenvalue weighted by Gasteiger charge is -2.11. The van der Waals surface area contributed by atoms with Gasteiger partial charge in [0.05, 0.1) is 25.8 Å². The largest absolute Gasteiger partial charge is 0.493 e. The van der Waals surface area contributed by atoms with Crippen LogP contribution >= 0.6 is 11.6 Å². The zero-order valence-corrected chi connectivity index (χ0v) is 17.7. The van der Waals surface area contributed by atoms with Gasteiger partial charge in [-0.2, -0.15) is 0 Å². The number of para-hydroxylation sites is 1. The van der Waals surface area contributed by atoms with Gasteiger partial charge in [0.1, 0.15) is 11.5 Å². The van der Waals surface area contributed by atoms with Crippen molar-refractivity contribution in [2.75, 3.05) is 26.1 Å². The first-order chi connectivity index (χ1) is 15.0. The van der Waals surface area contributed by atoms with Gasteiger partial charge in [0.25, 0.3) is 5.91 Å². The van der Waals surface area contributed by atoms with Gasteiger partial charge < -0.3 is 24.8 Å². The van der Waals surface area contributed by atoms with Crippen LogP contribution in [-0.2, 0) is 4.79 Å². The molecule has 2 amide bonds. The number of anilines is 1. The van der Waals surface area contributed by atoms with Crippen molar-refractivity contribution in [2.24, 2.45) is 0 Å². The second-order valence-corrected chi connectivity index (χ2v) is 6.76. The standard InChI is InChI=1S/C23H21ClN2O5/c1-29-20-12-7-15(13-21(20)30-2)23(28)25-14-22(27)26-16-8-10-17(11-9-16)31-19-6-4-3-5-18(19)24/h3-13H,14H2,1-2H3,(H,25,28)(H,26,27). The molecule has 0 radical (unpaired) electrons. The highest BCUT2D eigenvalue weighted by Gasteiger charge is 2.12. The molecule has 0 aliphatic heterocycles. The number of hydrogen-bond acceptors (Lipinski definition) is 5. The van der Waals surface area contributed by atoms with E-state index in [0.29, 0.717) is 39.3 Å². The van der Waals surface area contributed by atoms with E-state index in [1.807, 2.05) is 12.1 Å². The van der Waals surface area contributed by atoms with Crippen molar-refractivity contribution >= 4 is 29.1 Å². The number of carbonyl (C=O) groups excluding carboxylic acids is 2. The first-order valence-corrected chi connectivity index (χ1v) is 9.70. The van der Waals surface area contributed by atoms with E-state index in [1.54, 1.807) is 54.6 Å². The fourth-order valence-corrected chi connectivity index (χ4v) is 2.88. The second-order valence-electron chi connectivity index (χ2n) is 6.36. The Morgan fingerprint density at radius 3 is 2.26 bits per heavy atom. The SMILES string of the molecule is COc1ccc(C(=O)NCC(=O)Nc2ccc(Oc3ccccc3Cl)cc2)cc1OC. The molecule has 2 N–H and O–H groups in total. The zero-order chi connectivity index (χ0) is 22.2. The lowest BCUT2D eigenvalue weighted by molar-refractivity contribution is -0.115. The molecule has 3 aromatic carbocycles. The summed E-state index contributed by atoms with van der Waals surface area (Å²) in [4.78, 5) is 24.5. The zero-order valence-electron chi connectivity index (χ0n) is 17.0. The number of nitrogens with one attached hydrogen (secondary N) is 2. The molecule has 0 saturated carbocycles. The van der Waals surface area contributed by atoms with E-state index in [1.165, 1.54) is 14.2 Å². The smallest absolute Gasteiger partial charge is 0.251 e. The minimum atomic E-state index is -0.403. The maximum absolute atomic E-state index is 12.3. The fourth-order valence-electron chi connectivity index (χ4n) is 2.71. The van der Waals surface area contributed by atoms with Gasteiger partial charge in [-0.1, -0.05) is 23.7 Å². The highest BCUT2D eigenvalue weighted by molar-refractivity contribution is 6.32. The highest BCUT2D eigenvalue weighted by atomic mass is 35.5. The molecule has 0 spiro atoms. The van der Waals surface area contributed by atoms with Crippen molar-refractivity contribution in [3.63, 3.8) is 0 Å². The molecule has 0 aliphatic rings. The van der Waals surface area contributed by atoms with Gasteiger partial charge in [0.2, 0.25) is 5.91 Å². The van der Waals surface area contributed by atoms with E-state index < -0.39 is 5.91 Å². The van der Waals surface area contributed by atoms with Crippen LogP contribution in [0.15, 0.2) is 66.7 Å². The van der Waals surface area contributed by atoms with E-state index in [9.17, 15) is 9.59 Å². The number of methoxy groups -OCH3 is 2. The molecule has 0 atom stereocenters. The molecule has 3 aromatic rings. The van der Waals surface area contributed by atoms with Gasteiger partial charge in [-0.25, -0.2) is 0 Å². The number of carbonyl (C=O) groups is 2. The lowest BCUT2D eigenvalue weighted by Crippen LogP contribution is -2.32. The predicted octanol–water partition coefficient (Wildman–Crippen LogP) is 4.52. The minimum absolute atomic E-state index is 0.189. The second kappa shape index (κ2) is 10.4. The molecule has 8 heteroatoms. The van der Waals surface area contributed by atoms with Crippen molar-refractivity contribution in [3.05, 3.63) is 77.3 Å². The van der Waals surface area contributed by atoms with Crippen LogP contribution in [0.5, 0.6) is 23.0 Å². The van der Waals surface area contributed by atoms with E-state index in [0.717, 1.165) is 0 Å². The first kappa shape index (κ1) is 22.0. The lowest BCUT2D eigenvalue weighted by atomic mass is 10.2. The van der Waals surface area contributed by atoms with Crippen molar-refractivity contribution < 1.29 is 23.8 Å². The summed E-state index contributed by atoms with van der Waals surface area (Å²) in [5.41, 5.74) is 0.920. The van der Waals surface area contributed by atoms with E-state index in [4.69, 9.17) is 25.8 Å². The molecular weight excluding hydrogens is 420 g/mol. The van der Waals surface area contributed by atoms with Gasteiger partial charge >= 0.3 is 0 Å². The average Bonchev–Trinajstić information content (AvgIpc) is 2.79. The first-order valence-electron chi connectivity index (χ1n) is 9.32. The van der Waals surface area contributed by atoms with Gasteiger partial charge in [0.15, 0.2) is 11.5 Å². The Labute approximate surface area is 184 Å². The molecule has 160 valence electrons. The van der Waals surface area contributed by atoms with Gasteiger partial charge in [0, 0.05) is 11.3 Å². The summed E-state index contributed by atoms with van der Waals surface area (Å²) in [5, 5.41) is 5.79. The van der Waals surface area contributed by atoms with Gasteiger partial charge in [-0.3, -0.25) is 9.59 Å².